The van der Waals surface area contributed by atoms with Gasteiger partial charge in [-0.3, -0.25) is 9.78 Å². The van der Waals surface area contributed by atoms with Crippen molar-refractivity contribution in [1.29, 1.82) is 5.26 Å². The first kappa shape index (κ1) is 21.3. The third-order valence-electron chi connectivity index (χ3n) is 3.87. The molecule has 3 rings (SSSR count). The molecule has 0 saturated heterocycles. The first-order valence-corrected chi connectivity index (χ1v) is 8.98. The Kier molecular flexibility index (Phi) is 6.02. The van der Waals surface area contributed by atoms with E-state index in [4.69, 9.17) is 33.2 Å². The van der Waals surface area contributed by atoms with Gasteiger partial charge in [-0.1, -0.05) is 30.1 Å². The zero-order valence-corrected chi connectivity index (χ0v) is 16.6. The summed E-state index contributed by atoms with van der Waals surface area (Å²) in [6, 6.07) is 3.92. The molecule has 13 heteroatoms. The van der Waals surface area contributed by atoms with Gasteiger partial charge in [-0.15, -0.1) is 5.10 Å². The van der Waals surface area contributed by atoms with Crippen molar-refractivity contribution in [2.45, 2.75) is 12.8 Å². The molecule has 0 amide bonds. The largest absolute Gasteiger partial charge is 0.504 e. The van der Waals surface area contributed by atoms with E-state index in [0.29, 0.717) is 0 Å². The van der Waals surface area contributed by atoms with Crippen LogP contribution in [0.25, 0.3) is 5.69 Å². The zero-order chi connectivity index (χ0) is 22.0. The van der Waals surface area contributed by atoms with E-state index in [1.165, 1.54) is 12.1 Å². The summed E-state index contributed by atoms with van der Waals surface area (Å²) in [6.07, 6.45) is 1.10. The molecule has 11 nitrogen and oxygen atoms in total. The summed E-state index contributed by atoms with van der Waals surface area (Å²) in [5.41, 5.74) is -2.11. The second-order valence-electron chi connectivity index (χ2n) is 5.98. The van der Waals surface area contributed by atoms with Crippen LogP contribution >= 0.6 is 23.2 Å². The van der Waals surface area contributed by atoms with Crippen LogP contribution in [0.2, 0.25) is 10.0 Å². The predicted molar refractivity (Wildman–Crippen MR) is 104 cm³/mol. The van der Waals surface area contributed by atoms with Crippen molar-refractivity contribution in [3.05, 3.63) is 60.6 Å². The molecule has 0 bridgehead atoms. The van der Waals surface area contributed by atoms with Crippen molar-refractivity contribution in [1.82, 2.24) is 24.7 Å². The summed E-state index contributed by atoms with van der Waals surface area (Å²) in [6.45, 7) is 1.39. The van der Waals surface area contributed by atoms with Gasteiger partial charge in [0.2, 0.25) is 5.69 Å². The van der Waals surface area contributed by atoms with Crippen molar-refractivity contribution < 1.29 is 14.9 Å². The monoisotopic (exact) mass is 450 g/mol. The van der Waals surface area contributed by atoms with Crippen LogP contribution in [0, 0.1) is 11.3 Å². The quantitative estimate of drug-likeness (QED) is 0.521. The Labute approximate surface area is 177 Å². The van der Waals surface area contributed by atoms with Gasteiger partial charge in [-0.05, 0) is 12.1 Å². The maximum atomic E-state index is 12.0. The van der Waals surface area contributed by atoms with Gasteiger partial charge in [-0.2, -0.15) is 19.9 Å². The molecule has 2 heterocycles. The van der Waals surface area contributed by atoms with Gasteiger partial charge in [0.25, 0.3) is 5.56 Å². The molecule has 0 aliphatic rings. The summed E-state index contributed by atoms with van der Waals surface area (Å²) < 4.78 is 6.27. The number of benzene rings is 1. The first-order valence-electron chi connectivity index (χ1n) is 8.23. The lowest BCUT2D eigenvalue weighted by atomic mass is 10.1. The Morgan fingerprint density at radius 1 is 1.33 bits per heavy atom. The van der Waals surface area contributed by atoms with E-state index in [1.807, 2.05) is 4.98 Å². The first-order chi connectivity index (χ1) is 14.2. The summed E-state index contributed by atoms with van der Waals surface area (Å²) in [7, 11) is 0. The van der Waals surface area contributed by atoms with Gasteiger partial charge < -0.3 is 14.9 Å². The fourth-order valence-electron chi connectivity index (χ4n) is 2.38. The number of nitrogens with zero attached hydrogens (tertiary/aromatic N) is 5. The predicted octanol–water partition coefficient (Wildman–Crippen LogP) is 1.48. The molecule has 0 saturated carbocycles. The number of nitrogens with one attached hydrogen (secondary N) is 1. The fraction of sp³-hybridized carbons (Fsp3) is 0.176. The van der Waals surface area contributed by atoms with Crippen LogP contribution in [0.5, 0.6) is 17.5 Å². The second-order valence-corrected chi connectivity index (χ2v) is 6.79. The highest BCUT2D eigenvalue weighted by Gasteiger charge is 2.18. The molecular weight excluding hydrogens is 439 g/mol. The van der Waals surface area contributed by atoms with Crippen LogP contribution in [0.15, 0.2) is 27.9 Å². The zero-order valence-electron chi connectivity index (χ0n) is 15.1. The number of aromatic amines is 1. The molecule has 0 radical (unpaired) electrons. The van der Waals surface area contributed by atoms with Gasteiger partial charge >= 0.3 is 11.7 Å². The number of hydrogen-bond acceptors (Lipinski definition) is 9. The van der Waals surface area contributed by atoms with Crippen LogP contribution < -0.4 is 16.0 Å². The molecule has 30 heavy (non-hydrogen) atoms. The SMILES string of the molecule is CC(CO)c1nc(Oc2c(Cl)cc(-n3nc(C#N)c(=O)[nH]c3=O)cc2Cl)ncc1O. The van der Waals surface area contributed by atoms with E-state index in [-0.39, 0.29) is 45.5 Å². The normalized spacial score (nSPS) is 11.7. The number of aliphatic hydroxyl groups excluding tert-OH is 1. The minimum absolute atomic E-state index is 0.0478. The Morgan fingerprint density at radius 3 is 2.60 bits per heavy atom. The number of aromatic hydroxyl groups is 1. The number of aromatic nitrogens is 5. The van der Waals surface area contributed by atoms with Gasteiger partial charge in [0, 0.05) is 5.92 Å². The van der Waals surface area contributed by atoms with Crippen molar-refractivity contribution in [2.75, 3.05) is 6.61 Å². The highest BCUT2D eigenvalue weighted by molar-refractivity contribution is 6.37. The Morgan fingerprint density at radius 2 is 2.00 bits per heavy atom. The van der Waals surface area contributed by atoms with Crippen LogP contribution in [-0.2, 0) is 0 Å². The molecule has 154 valence electrons. The highest BCUT2D eigenvalue weighted by atomic mass is 35.5. The van der Waals surface area contributed by atoms with Crippen LogP contribution in [0.4, 0.5) is 0 Å². The van der Waals surface area contributed by atoms with Crippen molar-refractivity contribution >= 4 is 23.2 Å². The summed E-state index contributed by atoms with van der Waals surface area (Å²) in [5.74, 6) is -0.738. The van der Waals surface area contributed by atoms with Crippen LogP contribution in [0.3, 0.4) is 0 Å². The number of aliphatic hydroxyl groups is 1. The van der Waals surface area contributed by atoms with Crippen molar-refractivity contribution in [3.63, 3.8) is 0 Å². The van der Waals surface area contributed by atoms with Crippen LogP contribution in [-0.4, -0.2) is 41.6 Å². The molecular formula is C17H12Cl2N6O5. The van der Waals surface area contributed by atoms with E-state index < -0.39 is 22.9 Å². The van der Waals surface area contributed by atoms with Crippen molar-refractivity contribution in [3.8, 4) is 29.3 Å². The number of hydrogen-bond donors (Lipinski definition) is 3. The molecule has 0 aliphatic carbocycles. The molecule has 3 N–H and O–H groups in total. The molecule has 1 unspecified atom stereocenters. The average molecular weight is 451 g/mol. The van der Waals surface area contributed by atoms with E-state index in [0.717, 1.165) is 10.9 Å². The molecule has 0 spiro atoms. The van der Waals surface area contributed by atoms with E-state index in [1.54, 1.807) is 13.0 Å². The minimum Gasteiger partial charge on any atom is -0.504 e. The van der Waals surface area contributed by atoms with Gasteiger partial charge in [0.05, 0.1) is 34.2 Å². The summed E-state index contributed by atoms with van der Waals surface area (Å²) >= 11 is 12.4. The smallest absolute Gasteiger partial charge is 0.349 e. The Balaban J connectivity index is 2.02. The van der Waals surface area contributed by atoms with Gasteiger partial charge in [-0.25, -0.2) is 4.79 Å². The van der Waals surface area contributed by atoms with Gasteiger partial charge in [0.1, 0.15) is 6.07 Å². The standard InChI is InChI=1S/C17H12Cl2N6O5/c1-7(6-26)13-12(27)5-21-16(22-13)30-14-9(18)2-8(3-10(14)19)25-17(29)23-15(28)11(4-20)24-25/h2-3,5,7,26-27H,6H2,1H3,(H,23,28,29). The lowest BCUT2D eigenvalue weighted by Gasteiger charge is -2.13. The average Bonchev–Trinajstić information content (AvgIpc) is 2.71. The topological polar surface area (TPSA) is 167 Å². The second kappa shape index (κ2) is 8.50. The molecule has 0 fully saturated rings. The molecule has 1 atom stereocenters. The maximum Gasteiger partial charge on any atom is 0.349 e. The van der Waals surface area contributed by atoms with E-state index in [9.17, 15) is 19.8 Å². The Bertz CT molecular complexity index is 1260. The third-order valence-corrected chi connectivity index (χ3v) is 4.43. The number of nitriles is 1. The Hall–Kier alpha value is -3.46. The highest BCUT2D eigenvalue weighted by Crippen LogP contribution is 2.37. The molecule has 1 aromatic carbocycles. The lowest BCUT2D eigenvalue weighted by Crippen LogP contribution is -2.33. The van der Waals surface area contributed by atoms with Gasteiger partial charge in [0.15, 0.2) is 11.5 Å². The molecule has 2 aromatic heterocycles. The lowest BCUT2D eigenvalue weighted by molar-refractivity contribution is 0.266. The maximum absolute atomic E-state index is 12.0. The fourth-order valence-corrected chi connectivity index (χ4v) is 2.93. The molecule has 3 aromatic rings. The third kappa shape index (κ3) is 4.11. The summed E-state index contributed by atoms with van der Waals surface area (Å²) in [5, 5.41) is 31.6. The van der Waals surface area contributed by atoms with Crippen molar-refractivity contribution in [2.24, 2.45) is 0 Å². The van der Waals surface area contributed by atoms with E-state index >= 15 is 0 Å². The number of ether oxygens (including phenoxy) is 1. The molecule has 0 aliphatic heterocycles. The number of rotatable bonds is 5. The summed E-state index contributed by atoms with van der Waals surface area (Å²) in [4.78, 5) is 33.4. The number of halogens is 2. The minimum atomic E-state index is -0.923. The van der Waals surface area contributed by atoms with E-state index in [2.05, 4.69) is 15.1 Å². The van der Waals surface area contributed by atoms with Crippen LogP contribution in [0.1, 0.15) is 24.2 Å². The number of H-pyrrole nitrogens is 1.